The molecule has 0 aromatic heterocycles. The number of hydrogen-bond acceptors (Lipinski definition) is 4. The highest BCUT2D eigenvalue weighted by atomic mass is 35.5. The minimum absolute atomic E-state index is 0.0884. The molecule has 0 amide bonds. The van der Waals surface area contributed by atoms with Crippen LogP contribution in [0.3, 0.4) is 0 Å². The Hall–Kier alpha value is -1.40. The summed E-state index contributed by atoms with van der Waals surface area (Å²) in [5.41, 5.74) is -1.35. The second-order valence-corrected chi connectivity index (χ2v) is 5.90. The Bertz CT molecular complexity index is 507. The quantitative estimate of drug-likeness (QED) is 0.622. The molecule has 0 bridgehead atoms. The van der Waals surface area contributed by atoms with Gasteiger partial charge < -0.3 is 10.4 Å². The number of hydrogen-bond donors (Lipinski definition) is 2. The van der Waals surface area contributed by atoms with Crippen LogP contribution in [0.15, 0.2) is 12.1 Å². The number of anilines is 1. The molecule has 1 atom stereocenters. The van der Waals surface area contributed by atoms with E-state index in [9.17, 15) is 19.6 Å². The molecular weight excluding hydrogens is 287 g/mol. The molecule has 5 nitrogen and oxygen atoms in total. The Morgan fingerprint density at radius 3 is 2.65 bits per heavy atom. The molecule has 0 fully saturated rings. The molecule has 0 heterocycles. The normalized spacial score (nSPS) is 14.2. The first-order valence-electron chi connectivity index (χ1n) is 6.22. The minimum atomic E-state index is -1.02. The number of nitrogens with one attached hydrogen (secondary N) is 1. The number of nitrogens with zero attached hydrogens (tertiary/aromatic N) is 1. The Kier molecular flexibility index (Phi) is 5.30. The van der Waals surface area contributed by atoms with E-state index in [1.165, 1.54) is 0 Å². The van der Waals surface area contributed by atoms with Crippen LogP contribution in [0.1, 0.15) is 27.2 Å². The van der Waals surface area contributed by atoms with Crippen molar-refractivity contribution in [3.05, 3.63) is 33.1 Å². The summed E-state index contributed by atoms with van der Waals surface area (Å²) in [6.07, 6.45) is 0.530. The zero-order valence-electron chi connectivity index (χ0n) is 11.6. The van der Waals surface area contributed by atoms with E-state index >= 15 is 0 Å². The maximum Gasteiger partial charge on any atom is 0.295 e. The van der Waals surface area contributed by atoms with Crippen LogP contribution in [0.5, 0.6) is 0 Å². The minimum Gasteiger partial charge on any atom is -0.388 e. The van der Waals surface area contributed by atoms with Crippen LogP contribution in [0.25, 0.3) is 0 Å². The van der Waals surface area contributed by atoms with Crippen LogP contribution in [-0.2, 0) is 0 Å². The molecule has 0 saturated heterocycles. The fraction of sp³-hybridized carbons (Fsp3) is 0.538. The number of aliphatic hydroxyl groups is 1. The highest BCUT2D eigenvalue weighted by Crippen LogP contribution is 2.31. The van der Waals surface area contributed by atoms with Gasteiger partial charge >= 0.3 is 0 Å². The van der Waals surface area contributed by atoms with Crippen LogP contribution in [0.4, 0.5) is 15.8 Å². The van der Waals surface area contributed by atoms with E-state index in [4.69, 9.17) is 11.6 Å². The van der Waals surface area contributed by atoms with Crippen molar-refractivity contribution < 1.29 is 14.4 Å². The Morgan fingerprint density at radius 2 is 2.15 bits per heavy atom. The van der Waals surface area contributed by atoms with Crippen LogP contribution >= 0.6 is 11.6 Å². The molecule has 1 rings (SSSR count). The van der Waals surface area contributed by atoms with Crippen molar-refractivity contribution in [1.82, 2.24) is 0 Å². The number of halogens is 2. The number of benzene rings is 1. The molecule has 1 aromatic carbocycles. The van der Waals surface area contributed by atoms with E-state index in [1.54, 1.807) is 6.92 Å². The maximum absolute atomic E-state index is 13.3. The molecule has 1 aromatic rings. The van der Waals surface area contributed by atoms with E-state index in [2.05, 4.69) is 5.32 Å². The van der Waals surface area contributed by atoms with Gasteiger partial charge in [0, 0.05) is 6.54 Å². The first-order chi connectivity index (χ1) is 9.12. The van der Waals surface area contributed by atoms with Gasteiger partial charge in [-0.2, -0.15) is 0 Å². The summed E-state index contributed by atoms with van der Waals surface area (Å²) in [6.45, 7) is 5.67. The molecule has 0 aliphatic rings. The van der Waals surface area contributed by atoms with Crippen LogP contribution in [0.2, 0.25) is 5.02 Å². The first kappa shape index (κ1) is 16.7. The monoisotopic (exact) mass is 304 g/mol. The van der Waals surface area contributed by atoms with Gasteiger partial charge in [0.05, 0.1) is 21.6 Å². The smallest absolute Gasteiger partial charge is 0.295 e. The average Bonchev–Trinajstić information content (AvgIpc) is 2.28. The van der Waals surface area contributed by atoms with Gasteiger partial charge in [-0.05, 0) is 25.3 Å². The summed E-state index contributed by atoms with van der Waals surface area (Å²) in [5, 5.41) is 23.6. The Morgan fingerprint density at radius 1 is 1.55 bits per heavy atom. The van der Waals surface area contributed by atoms with Crippen molar-refractivity contribution in [2.75, 3.05) is 11.9 Å². The van der Waals surface area contributed by atoms with Crippen molar-refractivity contribution >= 4 is 23.0 Å². The van der Waals surface area contributed by atoms with Crippen molar-refractivity contribution in [3.63, 3.8) is 0 Å². The van der Waals surface area contributed by atoms with Crippen LogP contribution < -0.4 is 5.32 Å². The second kappa shape index (κ2) is 6.37. The SMILES string of the molecule is CC(C)CC(C)(O)CNc1cc(Cl)c(F)cc1[N+](=O)[O-]. The standard InChI is InChI=1S/C13H18ClFN2O3/c1-8(2)6-13(3,18)7-16-11-4-9(14)10(15)5-12(11)17(19)20/h4-5,8,16,18H,6-7H2,1-3H3. The average molecular weight is 305 g/mol. The predicted octanol–water partition coefficient (Wildman–Crippen LogP) is 3.60. The van der Waals surface area contributed by atoms with Crippen LogP contribution in [0, 0.1) is 21.8 Å². The topological polar surface area (TPSA) is 75.4 Å². The lowest BCUT2D eigenvalue weighted by Gasteiger charge is -2.26. The van der Waals surface area contributed by atoms with Gasteiger partial charge in [-0.15, -0.1) is 0 Å². The third-order valence-electron chi connectivity index (χ3n) is 2.74. The van der Waals surface area contributed by atoms with E-state index in [0.717, 1.165) is 12.1 Å². The molecule has 0 aliphatic heterocycles. The van der Waals surface area contributed by atoms with Gasteiger partial charge in [0.15, 0.2) is 0 Å². The lowest BCUT2D eigenvalue weighted by Crippen LogP contribution is -2.35. The largest absolute Gasteiger partial charge is 0.388 e. The van der Waals surface area contributed by atoms with E-state index < -0.39 is 22.0 Å². The van der Waals surface area contributed by atoms with Gasteiger partial charge in [-0.25, -0.2) is 4.39 Å². The summed E-state index contributed by atoms with van der Waals surface area (Å²) >= 11 is 5.62. The van der Waals surface area contributed by atoms with Gasteiger partial charge in [0.2, 0.25) is 0 Å². The molecule has 0 radical (unpaired) electrons. The third kappa shape index (κ3) is 4.61. The summed E-state index contributed by atoms with van der Waals surface area (Å²) in [4.78, 5) is 10.2. The summed E-state index contributed by atoms with van der Waals surface area (Å²) < 4.78 is 13.3. The van der Waals surface area contributed by atoms with Crippen molar-refractivity contribution in [2.24, 2.45) is 5.92 Å². The molecular formula is C13H18ClFN2O3. The number of nitro benzene ring substituents is 1. The lowest BCUT2D eigenvalue weighted by atomic mass is 9.94. The first-order valence-corrected chi connectivity index (χ1v) is 6.60. The van der Waals surface area contributed by atoms with Crippen LogP contribution in [-0.4, -0.2) is 22.2 Å². The maximum atomic E-state index is 13.3. The number of rotatable bonds is 6. The van der Waals surface area contributed by atoms with E-state index in [-0.39, 0.29) is 23.2 Å². The third-order valence-corrected chi connectivity index (χ3v) is 3.03. The van der Waals surface area contributed by atoms with Gasteiger partial charge in [-0.3, -0.25) is 10.1 Å². The van der Waals surface area contributed by atoms with Crippen molar-refractivity contribution in [2.45, 2.75) is 32.8 Å². The van der Waals surface area contributed by atoms with Gasteiger partial charge in [0.1, 0.15) is 11.5 Å². The molecule has 1 unspecified atom stereocenters. The molecule has 0 aliphatic carbocycles. The lowest BCUT2D eigenvalue weighted by molar-refractivity contribution is -0.384. The summed E-state index contributed by atoms with van der Waals surface area (Å²) in [5.74, 6) is -0.573. The molecule has 0 spiro atoms. The van der Waals surface area contributed by atoms with Crippen molar-refractivity contribution in [3.8, 4) is 0 Å². The van der Waals surface area contributed by atoms with Crippen molar-refractivity contribution in [1.29, 1.82) is 0 Å². The zero-order chi connectivity index (χ0) is 15.5. The van der Waals surface area contributed by atoms with E-state index in [0.29, 0.717) is 6.42 Å². The predicted molar refractivity (Wildman–Crippen MR) is 76.6 cm³/mol. The molecule has 7 heteroatoms. The molecule has 0 saturated carbocycles. The molecule has 2 N–H and O–H groups in total. The van der Waals surface area contributed by atoms with Gasteiger partial charge in [0.25, 0.3) is 5.69 Å². The molecule has 112 valence electrons. The van der Waals surface area contributed by atoms with Gasteiger partial charge in [-0.1, -0.05) is 25.4 Å². The highest BCUT2D eigenvalue weighted by molar-refractivity contribution is 6.31. The summed E-state index contributed by atoms with van der Waals surface area (Å²) in [6, 6.07) is 1.92. The summed E-state index contributed by atoms with van der Waals surface area (Å²) in [7, 11) is 0. The second-order valence-electron chi connectivity index (χ2n) is 5.49. The zero-order valence-corrected chi connectivity index (χ0v) is 12.4. The fourth-order valence-corrected chi connectivity index (χ4v) is 2.23. The molecule has 20 heavy (non-hydrogen) atoms. The van der Waals surface area contributed by atoms with E-state index in [1.807, 2.05) is 13.8 Å². The Labute approximate surface area is 121 Å². The highest BCUT2D eigenvalue weighted by Gasteiger charge is 2.24. The Balaban J connectivity index is 2.92. The number of nitro groups is 1. The fourth-order valence-electron chi connectivity index (χ4n) is 2.07.